The standard InChI is InChI=1S/C13H21BrN2O/c1-3-10-5-4-7-13(17,8-6-10)12-11(14)9-15-16(12)2/h9-10,17H,3-8H2,1-2H3. The monoisotopic (exact) mass is 300 g/mol. The first-order chi connectivity index (χ1) is 8.07. The van der Waals surface area contributed by atoms with Gasteiger partial charge in [0.2, 0.25) is 0 Å². The van der Waals surface area contributed by atoms with Crippen LogP contribution in [0.5, 0.6) is 0 Å². The summed E-state index contributed by atoms with van der Waals surface area (Å²) in [6.07, 6.45) is 8.16. The highest BCUT2D eigenvalue weighted by Crippen LogP contribution is 2.40. The molecule has 17 heavy (non-hydrogen) atoms. The van der Waals surface area contributed by atoms with Crippen LogP contribution in [0.1, 0.15) is 51.1 Å². The number of aliphatic hydroxyl groups is 1. The van der Waals surface area contributed by atoms with Crippen LogP contribution in [0.2, 0.25) is 0 Å². The molecule has 0 bridgehead atoms. The molecule has 0 aliphatic heterocycles. The summed E-state index contributed by atoms with van der Waals surface area (Å²) in [6.45, 7) is 2.25. The highest BCUT2D eigenvalue weighted by atomic mass is 79.9. The van der Waals surface area contributed by atoms with Crippen molar-refractivity contribution < 1.29 is 5.11 Å². The van der Waals surface area contributed by atoms with Crippen molar-refractivity contribution in [3.05, 3.63) is 16.4 Å². The van der Waals surface area contributed by atoms with Crippen LogP contribution in [0.25, 0.3) is 0 Å². The van der Waals surface area contributed by atoms with E-state index in [1.54, 1.807) is 10.9 Å². The first-order valence-corrected chi connectivity index (χ1v) is 7.26. The van der Waals surface area contributed by atoms with Gasteiger partial charge in [-0.2, -0.15) is 5.10 Å². The fourth-order valence-corrected chi connectivity index (χ4v) is 3.69. The van der Waals surface area contributed by atoms with Gasteiger partial charge in [-0.15, -0.1) is 0 Å². The molecule has 0 radical (unpaired) electrons. The number of aromatic nitrogens is 2. The van der Waals surface area contributed by atoms with Gasteiger partial charge in [0.15, 0.2) is 0 Å². The van der Waals surface area contributed by atoms with Crippen LogP contribution in [-0.4, -0.2) is 14.9 Å². The van der Waals surface area contributed by atoms with Crippen LogP contribution in [0.15, 0.2) is 10.7 Å². The average Bonchev–Trinajstić information content (AvgIpc) is 2.53. The Morgan fingerprint density at radius 3 is 2.88 bits per heavy atom. The lowest BCUT2D eigenvalue weighted by Crippen LogP contribution is -2.28. The van der Waals surface area contributed by atoms with Crippen molar-refractivity contribution in [1.82, 2.24) is 9.78 Å². The minimum Gasteiger partial charge on any atom is -0.384 e. The molecule has 1 aromatic rings. The smallest absolute Gasteiger partial charge is 0.107 e. The van der Waals surface area contributed by atoms with Crippen molar-refractivity contribution in [2.24, 2.45) is 13.0 Å². The fourth-order valence-electron chi connectivity index (χ4n) is 2.97. The molecular formula is C13H21BrN2O. The van der Waals surface area contributed by atoms with Crippen LogP contribution in [0.4, 0.5) is 0 Å². The summed E-state index contributed by atoms with van der Waals surface area (Å²) in [5.41, 5.74) is 0.239. The van der Waals surface area contributed by atoms with E-state index in [2.05, 4.69) is 28.0 Å². The fraction of sp³-hybridized carbons (Fsp3) is 0.769. The molecule has 0 amide bonds. The van der Waals surface area contributed by atoms with Gasteiger partial charge in [0.1, 0.15) is 5.60 Å². The second kappa shape index (κ2) is 5.11. The number of hydrogen-bond acceptors (Lipinski definition) is 2. The maximum absolute atomic E-state index is 10.9. The molecular weight excluding hydrogens is 280 g/mol. The molecule has 3 nitrogen and oxygen atoms in total. The van der Waals surface area contributed by atoms with Crippen molar-refractivity contribution in [3.8, 4) is 0 Å². The van der Waals surface area contributed by atoms with E-state index in [4.69, 9.17) is 0 Å². The molecule has 1 aliphatic carbocycles. The first-order valence-electron chi connectivity index (χ1n) is 6.47. The third kappa shape index (κ3) is 2.58. The quantitative estimate of drug-likeness (QED) is 0.851. The van der Waals surface area contributed by atoms with Crippen molar-refractivity contribution in [2.75, 3.05) is 0 Å². The Balaban J connectivity index is 2.24. The molecule has 0 spiro atoms. The molecule has 96 valence electrons. The molecule has 4 heteroatoms. The lowest BCUT2D eigenvalue weighted by atomic mass is 9.90. The van der Waals surface area contributed by atoms with E-state index in [1.165, 1.54) is 12.8 Å². The lowest BCUT2D eigenvalue weighted by Gasteiger charge is -2.27. The molecule has 0 aromatic carbocycles. The van der Waals surface area contributed by atoms with E-state index in [-0.39, 0.29) is 0 Å². The Bertz CT molecular complexity index is 371. The Morgan fingerprint density at radius 1 is 1.53 bits per heavy atom. The second-order valence-electron chi connectivity index (χ2n) is 5.20. The summed E-state index contributed by atoms with van der Waals surface area (Å²) in [4.78, 5) is 0. The van der Waals surface area contributed by atoms with Crippen LogP contribution in [0.3, 0.4) is 0 Å². The van der Waals surface area contributed by atoms with Gasteiger partial charge in [-0.25, -0.2) is 0 Å². The number of aryl methyl sites for hydroxylation is 1. The first kappa shape index (κ1) is 13.1. The molecule has 1 fully saturated rings. The van der Waals surface area contributed by atoms with Crippen molar-refractivity contribution in [3.63, 3.8) is 0 Å². The van der Waals surface area contributed by atoms with Gasteiger partial charge in [0.25, 0.3) is 0 Å². The van der Waals surface area contributed by atoms with Gasteiger partial charge in [0, 0.05) is 7.05 Å². The van der Waals surface area contributed by atoms with Crippen LogP contribution in [0, 0.1) is 5.92 Å². The lowest BCUT2D eigenvalue weighted by molar-refractivity contribution is 0.0110. The van der Waals surface area contributed by atoms with Gasteiger partial charge in [0.05, 0.1) is 16.4 Å². The number of rotatable bonds is 2. The molecule has 1 aliphatic rings. The van der Waals surface area contributed by atoms with Gasteiger partial charge >= 0.3 is 0 Å². The maximum Gasteiger partial charge on any atom is 0.107 e. The normalized spacial score (nSPS) is 30.2. The molecule has 0 saturated heterocycles. The summed E-state index contributed by atoms with van der Waals surface area (Å²) in [5, 5.41) is 15.1. The highest BCUT2D eigenvalue weighted by molar-refractivity contribution is 9.10. The molecule has 2 unspecified atom stereocenters. The van der Waals surface area contributed by atoms with Crippen LogP contribution >= 0.6 is 15.9 Å². The Morgan fingerprint density at radius 2 is 2.29 bits per heavy atom. The predicted octanol–water partition coefficient (Wildman–Crippen LogP) is 3.36. The summed E-state index contributed by atoms with van der Waals surface area (Å²) in [7, 11) is 1.90. The minimum atomic E-state index is -0.700. The molecule has 1 N–H and O–H groups in total. The molecule has 1 aromatic heterocycles. The molecule has 1 saturated carbocycles. The largest absolute Gasteiger partial charge is 0.384 e. The zero-order valence-electron chi connectivity index (χ0n) is 10.6. The number of hydrogen-bond donors (Lipinski definition) is 1. The zero-order chi connectivity index (χ0) is 12.5. The van der Waals surface area contributed by atoms with Crippen molar-refractivity contribution >= 4 is 15.9 Å². The van der Waals surface area contributed by atoms with Gasteiger partial charge in [-0.3, -0.25) is 4.68 Å². The van der Waals surface area contributed by atoms with Crippen molar-refractivity contribution in [1.29, 1.82) is 0 Å². The average molecular weight is 301 g/mol. The molecule has 2 rings (SSSR count). The maximum atomic E-state index is 10.9. The highest BCUT2D eigenvalue weighted by Gasteiger charge is 2.36. The third-order valence-corrected chi connectivity index (χ3v) is 4.66. The van der Waals surface area contributed by atoms with Gasteiger partial charge < -0.3 is 5.11 Å². The number of halogens is 1. The Hall–Kier alpha value is -0.350. The third-order valence-electron chi connectivity index (χ3n) is 4.08. The summed E-state index contributed by atoms with van der Waals surface area (Å²) in [6, 6.07) is 0. The van der Waals surface area contributed by atoms with Crippen LogP contribution < -0.4 is 0 Å². The topological polar surface area (TPSA) is 38.1 Å². The zero-order valence-corrected chi connectivity index (χ0v) is 12.2. The summed E-state index contributed by atoms with van der Waals surface area (Å²) >= 11 is 3.50. The van der Waals surface area contributed by atoms with Crippen LogP contribution in [-0.2, 0) is 12.6 Å². The summed E-state index contributed by atoms with van der Waals surface area (Å²) in [5.74, 6) is 0.774. The van der Waals surface area contributed by atoms with E-state index in [1.807, 2.05) is 7.05 Å². The minimum absolute atomic E-state index is 0.700. The van der Waals surface area contributed by atoms with E-state index < -0.39 is 5.60 Å². The van der Waals surface area contributed by atoms with E-state index in [0.717, 1.165) is 41.8 Å². The second-order valence-corrected chi connectivity index (χ2v) is 6.06. The predicted molar refractivity (Wildman–Crippen MR) is 71.7 cm³/mol. The number of nitrogens with zero attached hydrogens (tertiary/aromatic N) is 2. The Labute approximate surface area is 111 Å². The van der Waals surface area contributed by atoms with Gasteiger partial charge in [-0.05, 0) is 47.5 Å². The SMILES string of the molecule is CCC1CCCC(O)(c2c(Br)cnn2C)CC1. The molecule has 2 atom stereocenters. The summed E-state index contributed by atoms with van der Waals surface area (Å²) < 4.78 is 2.73. The van der Waals surface area contributed by atoms with E-state index in [0.29, 0.717) is 0 Å². The Kier molecular flexibility index (Phi) is 3.93. The van der Waals surface area contributed by atoms with E-state index >= 15 is 0 Å². The van der Waals surface area contributed by atoms with E-state index in [9.17, 15) is 5.11 Å². The van der Waals surface area contributed by atoms with Gasteiger partial charge in [-0.1, -0.05) is 19.8 Å². The van der Waals surface area contributed by atoms with Crippen molar-refractivity contribution in [2.45, 2.75) is 51.0 Å². The molecule has 1 heterocycles.